The number of amides is 1. The molecule has 0 saturated carbocycles. The minimum Gasteiger partial charge on any atom is -0.287 e. The lowest BCUT2D eigenvalue weighted by Crippen LogP contribution is -2.48. The van der Waals surface area contributed by atoms with Gasteiger partial charge >= 0.3 is 0 Å². The first-order valence-electron chi connectivity index (χ1n) is 7.73. The van der Waals surface area contributed by atoms with Gasteiger partial charge in [-0.2, -0.15) is 0 Å². The largest absolute Gasteiger partial charge is 0.287 e. The summed E-state index contributed by atoms with van der Waals surface area (Å²) >= 11 is 0. The molecule has 1 aromatic rings. The Kier molecular flexibility index (Phi) is 4.36. The Labute approximate surface area is 135 Å². The number of hydrogen-bond donors (Lipinski definition) is 2. The van der Waals surface area contributed by atoms with Gasteiger partial charge in [-0.25, -0.2) is 13.4 Å². The summed E-state index contributed by atoms with van der Waals surface area (Å²) in [6, 6.07) is 5.93. The van der Waals surface area contributed by atoms with E-state index in [4.69, 9.17) is 0 Å². The van der Waals surface area contributed by atoms with E-state index in [1.165, 1.54) is 12.5 Å². The van der Waals surface area contributed by atoms with Crippen molar-refractivity contribution < 1.29 is 13.2 Å². The van der Waals surface area contributed by atoms with Crippen LogP contribution in [0, 0.1) is 0 Å². The Morgan fingerprint density at radius 2 is 1.96 bits per heavy atom. The number of hydrogen-bond acceptors (Lipinski definition) is 5. The van der Waals surface area contributed by atoms with Crippen molar-refractivity contribution in [2.24, 2.45) is 4.99 Å². The number of rotatable bonds is 3. The number of fused-ring (bicyclic) bond motifs is 1. The fourth-order valence-corrected chi connectivity index (χ4v) is 3.98. The van der Waals surface area contributed by atoms with E-state index in [1.54, 1.807) is 25.1 Å². The van der Waals surface area contributed by atoms with Gasteiger partial charge in [0, 0.05) is 18.7 Å². The third-order valence-corrected chi connectivity index (χ3v) is 5.39. The molecule has 1 fully saturated rings. The quantitative estimate of drug-likeness (QED) is 0.847. The van der Waals surface area contributed by atoms with Crippen molar-refractivity contribution in [2.75, 3.05) is 13.1 Å². The maximum absolute atomic E-state index is 12.2. The van der Waals surface area contributed by atoms with Gasteiger partial charge in [0.2, 0.25) is 0 Å². The first-order valence-corrected chi connectivity index (χ1v) is 9.21. The summed E-state index contributed by atoms with van der Waals surface area (Å²) in [6.07, 6.45) is 3.31. The lowest BCUT2D eigenvalue weighted by atomic mass is 10.2. The Morgan fingerprint density at radius 3 is 2.70 bits per heavy atom. The molecule has 2 aliphatic heterocycles. The average Bonchev–Trinajstić information content (AvgIpc) is 2.79. The van der Waals surface area contributed by atoms with Crippen LogP contribution in [0.15, 0.2) is 34.2 Å². The van der Waals surface area contributed by atoms with Crippen molar-refractivity contribution in [1.82, 2.24) is 15.2 Å². The minimum absolute atomic E-state index is 0.197. The lowest BCUT2D eigenvalue weighted by Gasteiger charge is -2.27. The van der Waals surface area contributed by atoms with Crippen LogP contribution in [0.1, 0.15) is 31.7 Å². The van der Waals surface area contributed by atoms with Crippen LogP contribution in [0.5, 0.6) is 0 Å². The topological polar surface area (TPSA) is 90.9 Å². The molecule has 23 heavy (non-hydrogen) atoms. The molecule has 1 atom stereocenters. The third kappa shape index (κ3) is 3.37. The van der Waals surface area contributed by atoms with Gasteiger partial charge in [0.1, 0.15) is 11.9 Å². The molecule has 0 unspecified atom stereocenters. The highest BCUT2D eigenvalue weighted by Crippen LogP contribution is 2.22. The van der Waals surface area contributed by atoms with E-state index >= 15 is 0 Å². The SMILES string of the molecule is C[C@H](N=C1NS(=O)(=O)c2ccccc21)C(=O)NN1CCCCC1. The zero-order valence-corrected chi connectivity index (χ0v) is 13.8. The fraction of sp³-hybridized carbons (Fsp3) is 0.467. The number of amidine groups is 1. The average molecular weight is 336 g/mol. The Morgan fingerprint density at radius 1 is 1.26 bits per heavy atom. The number of nitrogens with one attached hydrogen (secondary N) is 2. The van der Waals surface area contributed by atoms with Gasteiger partial charge in [-0.3, -0.25) is 19.9 Å². The second-order valence-corrected chi connectivity index (χ2v) is 7.43. The fourth-order valence-electron chi connectivity index (χ4n) is 2.74. The molecule has 2 heterocycles. The van der Waals surface area contributed by atoms with E-state index in [9.17, 15) is 13.2 Å². The normalized spacial score (nSPS) is 23.1. The molecule has 3 rings (SSSR count). The third-order valence-electron chi connectivity index (χ3n) is 3.99. The van der Waals surface area contributed by atoms with Crippen LogP contribution in [0.3, 0.4) is 0 Å². The number of hydrazine groups is 1. The van der Waals surface area contributed by atoms with Crippen molar-refractivity contribution in [2.45, 2.75) is 37.1 Å². The lowest BCUT2D eigenvalue weighted by molar-refractivity contribution is -0.127. The van der Waals surface area contributed by atoms with Crippen molar-refractivity contribution in [1.29, 1.82) is 0 Å². The summed E-state index contributed by atoms with van der Waals surface area (Å²) in [5.74, 6) is -0.00938. The monoisotopic (exact) mass is 336 g/mol. The number of nitrogens with zero attached hydrogens (tertiary/aromatic N) is 2. The molecular weight excluding hydrogens is 316 g/mol. The van der Waals surface area contributed by atoms with E-state index in [2.05, 4.69) is 15.1 Å². The second-order valence-electron chi connectivity index (χ2n) is 5.78. The zero-order valence-electron chi connectivity index (χ0n) is 12.9. The summed E-state index contributed by atoms with van der Waals surface area (Å²) in [7, 11) is -3.58. The number of aliphatic imine (C=N–C) groups is 1. The van der Waals surface area contributed by atoms with Gasteiger partial charge in [0.25, 0.3) is 15.9 Å². The molecule has 0 aliphatic carbocycles. The first-order chi connectivity index (χ1) is 11.0. The van der Waals surface area contributed by atoms with E-state index in [0.717, 1.165) is 25.9 Å². The maximum atomic E-state index is 12.2. The molecule has 0 radical (unpaired) electrons. The predicted molar refractivity (Wildman–Crippen MR) is 86.3 cm³/mol. The van der Waals surface area contributed by atoms with E-state index in [-0.39, 0.29) is 16.6 Å². The Hall–Kier alpha value is -1.93. The Balaban J connectivity index is 1.75. The molecule has 2 aliphatic rings. The number of piperidine rings is 1. The van der Waals surface area contributed by atoms with E-state index in [1.807, 2.05) is 5.01 Å². The van der Waals surface area contributed by atoms with Gasteiger partial charge in [-0.15, -0.1) is 0 Å². The summed E-state index contributed by atoms with van der Waals surface area (Å²) in [4.78, 5) is 16.7. The first kappa shape index (κ1) is 15.9. The summed E-state index contributed by atoms with van der Waals surface area (Å²) in [5.41, 5.74) is 3.35. The number of sulfonamides is 1. The van der Waals surface area contributed by atoms with Gasteiger partial charge in [-0.1, -0.05) is 18.6 Å². The minimum atomic E-state index is -3.58. The Bertz CT molecular complexity index is 739. The molecular formula is C15H20N4O3S. The van der Waals surface area contributed by atoms with Crippen LogP contribution in [-0.2, 0) is 14.8 Å². The van der Waals surface area contributed by atoms with Crippen LogP contribution >= 0.6 is 0 Å². The van der Waals surface area contributed by atoms with Crippen LogP contribution in [-0.4, -0.2) is 44.3 Å². The highest BCUT2D eigenvalue weighted by Gasteiger charge is 2.31. The van der Waals surface area contributed by atoms with Crippen LogP contribution in [0.4, 0.5) is 0 Å². The molecule has 8 heteroatoms. The second kappa shape index (κ2) is 6.29. The molecule has 1 amide bonds. The van der Waals surface area contributed by atoms with Gasteiger partial charge < -0.3 is 0 Å². The highest BCUT2D eigenvalue weighted by molar-refractivity contribution is 7.90. The molecule has 1 aromatic carbocycles. The summed E-state index contributed by atoms with van der Waals surface area (Å²) in [5, 5.41) is 1.90. The number of carbonyl (C=O) groups is 1. The van der Waals surface area contributed by atoms with Crippen molar-refractivity contribution in [3.8, 4) is 0 Å². The molecule has 7 nitrogen and oxygen atoms in total. The number of carbonyl (C=O) groups excluding carboxylic acids is 1. The van der Waals surface area contributed by atoms with Crippen LogP contribution < -0.4 is 10.1 Å². The maximum Gasteiger partial charge on any atom is 0.263 e. The predicted octanol–water partition coefficient (Wildman–Crippen LogP) is 0.631. The van der Waals surface area contributed by atoms with Crippen LogP contribution in [0.25, 0.3) is 0 Å². The summed E-state index contributed by atoms with van der Waals surface area (Å²) in [6.45, 7) is 3.33. The van der Waals surface area contributed by atoms with Crippen molar-refractivity contribution in [3.63, 3.8) is 0 Å². The van der Waals surface area contributed by atoms with Crippen molar-refractivity contribution >= 4 is 21.8 Å². The van der Waals surface area contributed by atoms with E-state index in [0.29, 0.717) is 5.56 Å². The molecule has 0 bridgehead atoms. The molecule has 0 aromatic heterocycles. The standard InChI is InChI=1S/C15H20N4O3S/c1-11(15(20)17-19-9-5-2-6-10-19)16-14-12-7-3-4-8-13(12)23(21,22)18-14/h3-4,7-8,11H,2,5-6,9-10H2,1H3,(H,16,18)(H,17,20)/t11-/m0/s1. The van der Waals surface area contributed by atoms with Gasteiger partial charge in [-0.05, 0) is 31.9 Å². The molecule has 1 saturated heterocycles. The molecule has 2 N–H and O–H groups in total. The van der Waals surface area contributed by atoms with Crippen LogP contribution in [0.2, 0.25) is 0 Å². The zero-order chi connectivity index (χ0) is 16.4. The van der Waals surface area contributed by atoms with Crippen molar-refractivity contribution in [3.05, 3.63) is 29.8 Å². The van der Waals surface area contributed by atoms with E-state index < -0.39 is 16.1 Å². The summed E-state index contributed by atoms with van der Waals surface area (Å²) < 4.78 is 26.5. The van der Waals surface area contributed by atoms with Gasteiger partial charge in [0.15, 0.2) is 0 Å². The highest BCUT2D eigenvalue weighted by atomic mass is 32.2. The molecule has 0 spiro atoms. The van der Waals surface area contributed by atoms with Gasteiger partial charge in [0.05, 0.1) is 4.90 Å². The smallest absolute Gasteiger partial charge is 0.263 e. The molecule has 124 valence electrons. The number of benzene rings is 1.